The predicted octanol–water partition coefficient (Wildman–Crippen LogP) is 2.96. The second-order valence-corrected chi connectivity index (χ2v) is 6.93. The molecule has 1 amide bonds. The number of nitrogens with one attached hydrogen (secondary N) is 2. The minimum atomic E-state index is -0.399. The van der Waals surface area contributed by atoms with Gasteiger partial charge in [-0.15, -0.1) is 0 Å². The van der Waals surface area contributed by atoms with Gasteiger partial charge >= 0.3 is 0 Å². The zero-order chi connectivity index (χ0) is 17.9. The van der Waals surface area contributed by atoms with Gasteiger partial charge in [0.25, 0.3) is 5.91 Å². The molecule has 25 heavy (non-hydrogen) atoms. The molecule has 130 valence electrons. The van der Waals surface area contributed by atoms with Gasteiger partial charge in [0.05, 0.1) is 12.1 Å². The summed E-state index contributed by atoms with van der Waals surface area (Å²) in [5.74, 6) is 0.556. The quantitative estimate of drug-likeness (QED) is 0.827. The average Bonchev–Trinajstić information content (AvgIpc) is 2.62. The summed E-state index contributed by atoms with van der Waals surface area (Å²) in [6.07, 6.45) is 1.60. The number of nitrogens with zero attached hydrogens (tertiary/aromatic N) is 2. The smallest absolute Gasteiger partial charge is 0.274 e. The molecule has 3 rings (SSSR count). The Morgan fingerprint density at radius 3 is 2.96 bits per heavy atom. The molecular weight excluding hydrogens is 384 g/mol. The lowest BCUT2D eigenvalue weighted by Gasteiger charge is -2.36. The average molecular weight is 403 g/mol. The molecule has 1 aromatic heterocycles. The lowest BCUT2D eigenvalue weighted by molar-refractivity contribution is 0.0852. The van der Waals surface area contributed by atoms with E-state index in [1.807, 2.05) is 24.3 Å². The summed E-state index contributed by atoms with van der Waals surface area (Å²) in [5, 5.41) is 6.29. The maximum absolute atomic E-state index is 12.3. The van der Waals surface area contributed by atoms with E-state index < -0.39 is 5.54 Å². The zero-order valence-corrected chi connectivity index (χ0v) is 15.6. The van der Waals surface area contributed by atoms with Crippen LogP contribution in [0.4, 0.5) is 5.69 Å². The SMILES string of the molecule is CN=C1COC[C@@](C)(c2cccc(NC(=O)c3ccc(Br)cn3)c2)N1. The zero-order valence-electron chi connectivity index (χ0n) is 14.0. The van der Waals surface area contributed by atoms with Gasteiger partial charge in [-0.25, -0.2) is 4.98 Å². The van der Waals surface area contributed by atoms with Gasteiger partial charge in [-0.05, 0) is 52.7 Å². The standard InChI is InChI=1S/C18H19BrN4O2/c1-18(11-25-10-16(20-2)23-18)12-4-3-5-14(8-12)22-17(24)15-7-6-13(19)9-21-15/h3-9H,10-11H2,1-2H3,(H,20,23)(H,22,24)/t18-/m0/s1. The molecule has 1 aliphatic heterocycles. The number of rotatable bonds is 3. The van der Waals surface area contributed by atoms with Crippen molar-refractivity contribution in [1.82, 2.24) is 10.3 Å². The molecule has 7 heteroatoms. The van der Waals surface area contributed by atoms with E-state index in [-0.39, 0.29) is 5.91 Å². The highest BCUT2D eigenvalue weighted by Gasteiger charge is 2.32. The van der Waals surface area contributed by atoms with Gasteiger partial charge in [-0.3, -0.25) is 9.79 Å². The van der Waals surface area contributed by atoms with Crippen molar-refractivity contribution in [1.29, 1.82) is 0 Å². The number of halogens is 1. The van der Waals surface area contributed by atoms with Gasteiger partial charge in [0.15, 0.2) is 0 Å². The first-order valence-corrected chi connectivity index (χ1v) is 8.64. The Labute approximate surface area is 154 Å². The van der Waals surface area contributed by atoms with Crippen LogP contribution >= 0.6 is 15.9 Å². The Morgan fingerprint density at radius 1 is 1.40 bits per heavy atom. The Bertz CT molecular complexity index is 807. The van der Waals surface area contributed by atoms with Crippen LogP contribution in [-0.4, -0.2) is 37.0 Å². The predicted molar refractivity (Wildman–Crippen MR) is 101 cm³/mol. The van der Waals surface area contributed by atoms with E-state index in [1.54, 1.807) is 25.4 Å². The number of benzene rings is 1. The minimum Gasteiger partial charge on any atom is -0.371 e. The molecule has 1 saturated heterocycles. The van der Waals surface area contributed by atoms with Crippen LogP contribution in [-0.2, 0) is 10.3 Å². The lowest BCUT2D eigenvalue weighted by Crippen LogP contribution is -2.52. The van der Waals surface area contributed by atoms with E-state index in [4.69, 9.17) is 4.74 Å². The number of anilines is 1. The van der Waals surface area contributed by atoms with Gasteiger partial charge in [-0.1, -0.05) is 12.1 Å². The molecule has 6 nitrogen and oxygen atoms in total. The van der Waals surface area contributed by atoms with Gasteiger partial charge in [0.2, 0.25) is 0 Å². The van der Waals surface area contributed by atoms with Gasteiger partial charge in [-0.2, -0.15) is 0 Å². The first kappa shape index (κ1) is 17.6. The summed E-state index contributed by atoms with van der Waals surface area (Å²) in [4.78, 5) is 20.6. The van der Waals surface area contributed by atoms with Crippen LogP contribution in [0.3, 0.4) is 0 Å². The van der Waals surface area contributed by atoms with Crippen molar-refractivity contribution in [3.05, 3.63) is 58.3 Å². The number of amides is 1. The number of carbonyl (C=O) groups excluding carboxylic acids is 1. The number of pyridine rings is 1. The van der Waals surface area contributed by atoms with Crippen molar-refractivity contribution in [3.63, 3.8) is 0 Å². The molecule has 0 radical (unpaired) electrons. The van der Waals surface area contributed by atoms with Gasteiger partial charge < -0.3 is 15.4 Å². The minimum absolute atomic E-state index is 0.251. The van der Waals surface area contributed by atoms with E-state index in [0.29, 0.717) is 24.6 Å². The van der Waals surface area contributed by atoms with Crippen molar-refractivity contribution in [2.75, 3.05) is 25.6 Å². The van der Waals surface area contributed by atoms with Crippen molar-refractivity contribution in [2.45, 2.75) is 12.5 Å². The van der Waals surface area contributed by atoms with Gasteiger partial charge in [0, 0.05) is 23.4 Å². The maximum Gasteiger partial charge on any atom is 0.274 e. The van der Waals surface area contributed by atoms with Crippen LogP contribution in [0.2, 0.25) is 0 Å². The molecule has 0 aliphatic carbocycles. The number of amidine groups is 1. The number of morpholine rings is 1. The second kappa shape index (κ2) is 7.33. The highest BCUT2D eigenvalue weighted by atomic mass is 79.9. The first-order chi connectivity index (χ1) is 12.0. The Kier molecular flexibility index (Phi) is 5.15. The Balaban J connectivity index is 1.79. The molecule has 0 unspecified atom stereocenters. The van der Waals surface area contributed by atoms with Crippen LogP contribution in [0.25, 0.3) is 0 Å². The molecule has 1 atom stereocenters. The van der Waals surface area contributed by atoms with E-state index in [1.165, 1.54) is 0 Å². The van der Waals surface area contributed by atoms with Crippen LogP contribution in [0.5, 0.6) is 0 Å². The third-order valence-corrected chi connectivity index (χ3v) is 4.51. The fourth-order valence-electron chi connectivity index (χ4n) is 2.66. The van der Waals surface area contributed by atoms with E-state index in [9.17, 15) is 4.79 Å². The van der Waals surface area contributed by atoms with Crippen LogP contribution in [0.1, 0.15) is 23.0 Å². The first-order valence-electron chi connectivity index (χ1n) is 7.85. The molecule has 1 aliphatic rings. The molecular formula is C18H19BrN4O2. The Morgan fingerprint density at radius 2 is 2.24 bits per heavy atom. The summed E-state index contributed by atoms with van der Waals surface area (Å²) in [5.41, 5.74) is 1.68. The monoisotopic (exact) mass is 402 g/mol. The topological polar surface area (TPSA) is 75.6 Å². The third-order valence-electron chi connectivity index (χ3n) is 4.04. The van der Waals surface area contributed by atoms with Crippen LogP contribution in [0.15, 0.2) is 52.1 Å². The van der Waals surface area contributed by atoms with E-state index >= 15 is 0 Å². The summed E-state index contributed by atoms with van der Waals surface area (Å²) in [6, 6.07) is 11.2. The summed E-state index contributed by atoms with van der Waals surface area (Å²) < 4.78 is 6.48. The Hall–Kier alpha value is -2.25. The fraction of sp³-hybridized carbons (Fsp3) is 0.278. The number of ether oxygens (including phenoxy) is 1. The molecule has 0 bridgehead atoms. The van der Waals surface area contributed by atoms with Gasteiger partial charge in [0.1, 0.15) is 18.1 Å². The summed E-state index contributed by atoms with van der Waals surface area (Å²) in [7, 11) is 1.74. The van der Waals surface area contributed by atoms with Crippen LogP contribution in [0, 0.1) is 0 Å². The van der Waals surface area contributed by atoms with E-state index in [0.717, 1.165) is 15.9 Å². The molecule has 2 heterocycles. The molecule has 2 N–H and O–H groups in total. The molecule has 1 fully saturated rings. The third kappa shape index (κ3) is 4.05. The van der Waals surface area contributed by atoms with Crippen molar-refractivity contribution >= 4 is 33.4 Å². The van der Waals surface area contributed by atoms with Crippen LogP contribution < -0.4 is 10.6 Å². The molecule has 1 aromatic carbocycles. The lowest BCUT2D eigenvalue weighted by atomic mass is 9.91. The molecule has 0 saturated carbocycles. The fourth-order valence-corrected chi connectivity index (χ4v) is 2.90. The second-order valence-electron chi connectivity index (χ2n) is 6.02. The highest BCUT2D eigenvalue weighted by Crippen LogP contribution is 2.26. The number of carbonyl (C=O) groups is 1. The van der Waals surface area contributed by atoms with Crippen molar-refractivity contribution in [3.8, 4) is 0 Å². The maximum atomic E-state index is 12.3. The summed E-state index contributed by atoms with van der Waals surface area (Å²) >= 11 is 3.31. The molecule has 2 aromatic rings. The highest BCUT2D eigenvalue weighted by molar-refractivity contribution is 9.10. The number of hydrogen-bond acceptors (Lipinski definition) is 4. The van der Waals surface area contributed by atoms with Crippen molar-refractivity contribution in [2.24, 2.45) is 4.99 Å². The van der Waals surface area contributed by atoms with Crippen molar-refractivity contribution < 1.29 is 9.53 Å². The number of hydrogen-bond donors (Lipinski definition) is 2. The molecule has 0 spiro atoms. The number of aliphatic imine (C=N–C) groups is 1. The normalized spacial score (nSPS) is 21.6. The summed E-state index contributed by atoms with van der Waals surface area (Å²) in [6.45, 7) is 3.06. The van der Waals surface area contributed by atoms with E-state index in [2.05, 4.69) is 43.5 Å². The number of aromatic nitrogens is 1. The largest absolute Gasteiger partial charge is 0.371 e.